The Morgan fingerprint density at radius 3 is 1.60 bits per heavy atom. The predicted octanol–water partition coefficient (Wildman–Crippen LogP) is -1.57. The van der Waals surface area contributed by atoms with Gasteiger partial charge in [0.25, 0.3) is 10.1 Å². The van der Waals surface area contributed by atoms with E-state index in [0.29, 0.717) is 0 Å². The monoisotopic (exact) mass is 189 g/mol. The molecular weight excluding hydrogens is 182 g/mol. The Kier molecular flexibility index (Phi) is 2.77. The standard InChI is InChI=1S/C2H7NO5S2/c1-9(4,5)3-8-10(2,6)7/h3H,1-2H3. The molecule has 0 atom stereocenters. The minimum atomic E-state index is -3.75. The Morgan fingerprint density at radius 1 is 1.10 bits per heavy atom. The van der Waals surface area contributed by atoms with Crippen molar-refractivity contribution in [3.8, 4) is 0 Å². The van der Waals surface area contributed by atoms with Gasteiger partial charge in [-0.3, -0.25) is 0 Å². The van der Waals surface area contributed by atoms with Crippen LogP contribution in [0.2, 0.25) is 0 Å². The zero-order valence-corrected chi connectivity index (χ0v) is 6.99. The molecule has 0 amide bonds. The fourth-order valence-corrected chi connectivity index (χ4v) is 1.11. The van der Waals surface area contributed by atoms with Gasteiger partial charge in [0, 0.05) is 0 Å². The molecule has 0 aliphatic rings. The van der Waals surface area contributed by atoms with Crippen molar-refractivity contribution >= 4 is 20.1 Å². The summed E-state index contributed by atoms with van der Waals surface area (Å²) in [6.45, 7) is 0. The first kappa shape index (κ1) is 9.82. The Labute approximate surface area is 59.3 Å². The highest BCUT2D eigenvalue weighted by molar-refractivity contribution is 7.90. The molecule has 0 unspecified atom stereocenters. The van der Waals surface area contributed by atoms with Crippen molar-refractivity contribution in [2.24, 2.45) is 0 Å². The third kappa shape index (κ3) is 7.82. The topological polar surface area (TPSA) is 89.5 Å². The highest BCUT2D eigenvalue weighted by Crippen LogP contribution is 1.82. The van der Waals surface area contributed by atoms with E-state index >= 15 is 0 Å². The van der Waals surface area contributed by atoms with E-state index in [0.717, 1.165) is 12.5 Å². The van der Waals surface area contributed by atoms with Gasteiger partial charge in [0.1, 0.15) is 0 Å². The molecule has 0 heterocycles. The van der Waals surface area contributed by atoms with Gasteiger partial charge in [-0.2, -0.15) is 12.7 Å². The second kappa shape index (κ2) is 2.82. The third-order valence-electron chi connectivity index (χ3n) is 0.337. The van der Waals surface area contributed by atoms with Gasteiger partial charge >= 0.3 is 0 Å². The van der Waals surface area contributed by atoms with Crippen LogP contribution in [0.1, 0.15) is 0 Å². The number of sulfonamides is 1. The van der Waals surface area contributed by atoms with Crippen LogP contribution in [-0.2, 0) is 24.4 Å². The van der Waals surface area contributed by atoms with Crippen LogP contribution < -0.4 is 4.89 Å². The summed E-state index contributed by atoms with van der Waals surface area (Å²) in [5.41, 5.74) is 0. The van der Waals surface area contributed by atoms with Crippen LogP contribution in [0.3, 0.4) is 0 Å². The molecule has 8 heteroatoms. The van der Waals surface area contributed by atoms with Gasteiger partial charge < -0.3 is 0 Å². The molecule has 0 aliphatic heterocycles. The molecule has 0 saturated carbocycles. The predicted molar refractivity (Wildman–Crippen MR) is 33.9 cm³/mol. The Morgan fingerprint density at radius 2 is 1.50 bits per heavy atom. The molecule has 0 radical (unpaired) electrons. The normalized spacial score (nSPS) is 13.4. The van der Waals surface area contributed by atoms with Crippen molar-refractivity contribution in [1.29, 1.82) is 0 Å². The number of hydrogen-bond donors (Lipinski definition) is 1. The fourth-order valence-electron chi connectivity index (χ4n) is 0.124. The zero-order chi connectivity index (χ0) is 8.41. The number of hydrogen-bond acceptors (Lipinski definition) is 5. The molecule has 0 aromatic heterocycles. The maximum absolute atomic E-state index is 10.2. The van der Waals surface area contributed by atoms with Crippen LogP contribution >= 0.6 is 0 Å². The lowest BCUT2D eigenvalue weighted by atomic mass is 12.0. The Bertz CT molecular complexity index is 254. The molecule has 0 spiro atoms. The average molecular weight is 189 g/mol. The third-order valence-corrected chi connectivity index (χ3v) is 1.21. The minimum Gasteiger partial charge on any atom is -0.211 e. The molecule has 0 aromatic rings. The second-order valence-corrected chi connectivity index (χ2v) is 4.93. The summed E-state index contributed by atoms with van der Waals surface area (Å²) in [6, 6.07) is 0. The Hall–Kier alpha value is -0.180. The van der Waals surface area contributed by atoms with Crippen molar-refractivity contribution in [3.63, 3.8) is 0 Å². The van der Waals surface area contributed by atoms with Gasteiger partial charge in [-0.1, -0.05) is 4.89 Å². The maximum atomic E-state index is 10.2. The minimum absolute atomic E-state index is 0.727. The maximum Gasteiger partial charge on any atom is 0.281 e. The highest BCUT2D eigenvalue weighted by atomic mass is 32.2. The van der Waals surface area contributed by atoms with Crippen LogP contribution in [0, 0.1) is 0 Å². The summed E-state index contributed by atoms with van der Waals surface area (Å²) < 4.78 is 44.3. The molecular formula is C2H7NO5S2. The first-order valence-electron chi connectivity index (χ1n) is 2.06. The van der Waals surface area contributed by atoms with Crippen molar-refractivity contribution < 1.29 is 21.1 Å². The van der Waals surface area contributed by atoms with E-state index in [2.05, 4.69) is 4.28 Å². The average Bonchev–Trinajstić information content (AvgIpc) is 1.57. The molecule has 0 rings (SSSR count). The molecule has 0 aromatic carbocycles. The van der Waals surface area contributed by atoms with E-state index in [-0.39, 0.29) is 0 Å². The van der Waals surface area contributed by atoms with Crippen molar-refractivity contribution in [3.05, 3.63) is 0 Å². The molecule has 10 heavy (non-hydrogen) atoms. The summed E-state index contributed by atoms with van der Waals surface area (Å²) in [7, 11) is -7.36. The number of nitrogens with one attached hydrogen (secondary N) is 1. The van der Waals surface area contributed by atoms with E-state index in [9.17, 15) is 16.8 Å². The quantitative estimate of drug-likeness (QED) is 0.541. The summed E-state index contributed by atoms with van der Waals surface area (Å²) in [5.74, 6) is 0. The van der Waals surface area contributed by atoms with E-state index in [1.165, 1.54) is 4.89 Å². The largest absolute Gasteiger partial charge is 0.281 e. The van der Waals surface area contributed by atoms with Crippen LogP contribution in [0.5, 0.6) is 0 Å². The number of rotatable bonds is 3. The van der Waals surface area contributed by atoms with Gasteiger partial charge in [0.2, 0.25) is 10.0 Å². The first-order valence-corrected chi connectivity index (χ1v) is 5.77. The van der Waals surface area contributed by atoms with Crippen LogP contribution in [0.25, 0.3) is 0 Å². The first-order chi connectivity index (χ1) is 4.21. The molecule has 6 nitrogen and oxygen atoms in total. The summed E-state index contributed by atoms with van der Waals surface area (Å²) in [4.78, 5) is 1.35. The van der Waals surface area contributed by atoms with E-state index in [4.69, 9.17) is 0 Å². The summed E-state index contributed by atoms with van der Waals surface area (Å²) in [5, 5.41) is 0. The molecule has 0 bridgehead atoms. The molecule has 0 saturated heterocycles. The van der Waals surface area contributed by atoms with Gasteiger partial charge in [-0.05, 0) is 0 Å². The summed E-state index contributed by atoms with van der Waals surface area (Å²) in [6.07, 6.45) is 1.50. The van der Waals surface area contributed by atoms with Crippen LogP contribution in [-0.4, -0.2) is 29.3 Å². The SMILES string of the molecule is CS(=O)(=O)NOS(C)(=O)=O. The van der Waals surface area contributed by atoms with Crippen molar-refractivity contribution in [2.45, 2.75) is 0 Å². The van der Waals surface area contributed by atoms with Crippen molar-refractivity contribution in [2.75, 3.05) is 12.5 Å². The zero-order valence-electron chi connectivity index (χ0n) is 5.36. The molecule has 0 fully saturated rings. The molecule has 62 valence electrons. The van der Waals surface area contributed by atoms with E-state index in [1.807, 2.05) is 0 Å². The lowest BCUT2D eigenvalue weighted by Gasteiger charge is -1.97. The lowest BCUT2D eigenvalue weighted by Crippen LogP contribution is -2.25. The van der Waals surface area contributed by atoms with E-state index < -0.39 is 20.1 Å². The molecule has 0 aliphatic carbocycles. The van der Waals surface area contributed by atoms with Gasteiger partial charge in [-0.25, -0.2) is 8.42 Å². The summed E-state index contributed by atoms with van der Waals surface area (Å²) >= 11 is 0. The molecule has 1 N–H and O–H groups in total. The smallest absolute Gasteiger partial charge is 0.211 e. The van der Waals surface area contributed by atoms with Crippen LogP contribution in [0.15, 0.2) is 0 Å². The lowest BCUT2D eigenvalue weighted by molar-refractivity contribution is 0.278. The van der Waals surface area contributed by atoms with Gasteiger partial charge in [-0.15, -0.1) is 0 Å². The Balaban J connectivity index is 4.05. The van der Waals surface area contributed by atoms with Crippen LogP contribution in [0.4, 0.5) is 0 Å². The fraction of sp³-hybridized carbons (Fsp3) is 1.00. The van der Waals surface area contributed by atoms with Gasteiger partial charge in [0.15, 0.2) is 0 Å². The highest BCUT2D eigenvalue weighted by Gasteiger charge is 2.06. The van der Waals surface area contributed by atoms with Crippen molar-refractivity contribution in [1.82, 2.24) is 4.89 Å². The van der Waals surface area contributed by atoms with E-state index in [1.54, 1.807) is 0 Å². The second-order valence-electron chi connectivity index (χ2n) is 1.64. The van der Waals surface area contributed by atoms with Gasteiger partial charge in [0.05, 0.1) is 12.5 Å².